The fourth-order valence-electron chi connectivity index (χ4n) is 4.44. The number of hydrogen-bond acceptors (Lipinski definition) is 6. The summed E-state index contributed by atoms with van der Waals surface area (Å²) in [6, 6.07) is 24.4. The molecule has 0 spiro atoms. The number of nitrogens with zero attached hydrogens (tertiary/aromatic N) is 4. The van der Waals surface area contributed by atoms with E-state index in [1.165, 1.54) is 28.1 Å². The normalized spacial score (nSPS) is 18.5. The van der Waals surface area contributed by atoms with Gasteiger partial charge in [-0.3, -0.25) is 19.6 Å². The highest BCUT2D eigenvalue weighted by Crippen LogP contribution is 2.46. The lowest BCUT2D eigenvalue weighted by Crippen LogP contribution is -2.36. The Labute approximate surface area is 237 Å². The van der Waals surface area contributed by atoms with Gasteiger partial charge in [0.1, 0.15) is 19.8 Å². The van der Waals surface area contributed by atoms with Gasteiger partial charge in [-0.15, -0.1) is 17.9 Å². The Kier molecular flexibility index (Phi) is 6.64. The zero-order valence-electron chi connectivity index (χ0n) is 20.8. The van der Waals surface area contributed by atoms with E-state index in [2.05, 4.69) is 12.0 Å². The minimum Gasteiger partial charge on any atom is -0.337 e. The van der Waals surface area contributed by atoms with Gasteiger partial charge < -0.3 is 4.90 Å². The maximum absolute atomic E-state index is 14.0. The zero-order valence-corrected chi connectivity index (χ0v) is 23.2. The molecule has 0 radical (unpaired) electrons. The number of amidine groups is 1. The van der Waals surface area contributed by atoms with Crippen molar-refractivity contribution in [3.63, 3.8) is 0 Å². The summed E-state index contributed by atoms with van der Waals surface area (Å²) >= 11 is 9.04. The molecule has 7 nitrogen and oxygen atoms in total. The summed E-state index contributed by atoms with van der Waals surface area (Å²) < 4.78 is 2.63. The van der Waals surface area contributed by atoms with Gasteiger partial charge in [-0.25, -0.2) is 10.0 Å². The Morgan fingerprint density at radius 1 is 1.03 bits per heavy atom. The van der Waals surface area contributed by atoms with E-state index in [9.17, 15) is 9.59 Å². The van der Waals surface area contributed by atoms with Gasteiger partial charge in [0.25, 0.3) is 11.5 Å². The molecule has 10 heteroatoms. The molecule has 0 aliphatic carbocycles. The minimum atomic E-state index is -0.297. The maximum Gasteiger partial charge on any atom is 0.283 e. The van der Waals surface area contributed by atoms with Crippen molar-refractivity contribution in [2.45, 2.75) is 11.4 Å². The second kappa shape index (κ2) is 10.3. The molecule has 1 fully saturated rings. The molecule has 3 aromatic carbocycles. The number of aromatic nitrogens is 1. The molecule has 2 aliphatic heterocycles. The molecular weight excluding hydrogens is 550 g/mol. The molecule has 0 atom stereocenters. The average Bonchev–Trinajstić information content (AvgIpc) is 3.56. The summed E-state index contributed by atoms with van der Waals surface area (Å²) in [5.74, 6) is 0.0714. The van der Waals surface area contributed by atoms with E-state index in [0.717, 1.165) is 15.6 Å². The molecule has 6 rings (SSSR count). The quantitative estimate of drug-likeness (QED) is 0.366. The molecule has 3 heterocycles. The summed E-state index contributed by atoms with van der Waals surface area (Å²) in [7, 11) is 1.91. The van der Waals surface area contributed by atoms with Gasteiger partial charge in [0.15, 0.2) is 5.84 Å². The molecule has 194 valence electrons. The van der Waals surface area contributed by atoms with Gasteiger partial charge in [0, 0.05) is 23.5 Å². The van der Waals surface area contributed by atoms with Crippen LogP contribution in [0.2, 0.25) is 5.02 Å². The first kappa shape index (κ1) is 25.2. The van der Waals surface area contributed by atoms with Crippen molar-refractivity contribution < 1.29 is 4.79 Å². The Hall–Kier alpha value is -4.05. The zero-order chi connectivity index (χ0) is 27.1. The molecule has 4 aromatic rings. The van der Waals surface area contributed by atoms with Gasteiger partial charge in [-0.05, 0) is 42.5 Å². The molecule has 39 heavy (non-hydrogen) atoms. The standard InChI is InChI=1S/C29H22ClN5O2S2/c1-3-16-34-27(37)24(29-33(2)21-17-18(30)14-15-22(21)38-29)39-28(34)23-25(31-19-10-6-4-7-11-19)32-35(26(23)36)20-12-8-5-9-13-20/h3-15,17H,1,16H2,2H3,(H,31,32)/b28-23?,29-24+. The summed E-state index contributed by atoms with van der Waals surface area (Å²) in [5.41, 5.74) is 5.59. The molecule has 1 aromatic heterocycles. The average molecular weight is 572 g/mol. The molecule has 0 saturated carbocycles. The summed E-state index contributed by atoms with van der Waals surface area (Å²) in [6.45, 7) is 4.10. The van der Waals surface area contributed by atoms with Crippen molar-refractivity contribution in [2.75, 3.05) is 17.0 Å². The molecule has 2 aliphatic rings. The molecule has 1 amide bonds. The van der Waals surface area contributed by atoms with Gasteiger partial charge in [-0.2, -0.15) is 0 Å². The first-order valence-corrected chi connectivity index (χ1v) is 14.1. The van der Waals surface area contributed by atoms with E-state index < -0.39 is 0 Å². The van der Waals surface area contributed by atoms with Gasteiger partial charge in [-0.1, -0.05) is 65.8 Å². The number of anilines is 2. The van der Waals surface area contributed by atoms with Crippen LogP contribution in [0, 0.1) is 0 Å². The number of amides is 1. The Bertz CT molecular complexity index is 1830. The smallest absolute Gasteiger partial charge is 0.283 e. The van der Waals surface area contributed by atoms with Gasteiger partial charge >= 0.3 is 0 Å². The number of para-hydroxylation sites is 2. The lowest BCUT2D eigenvalue weighted by atomic mass is 10.2. The van der Waals surface area contributed by atoms with Crippen molar-refractivity contribution in [2.24, 2.45) is 4.99 Å². The Morgan fingerprint density at radius 3 is 2.46 bits per heavy atom. The van der Waals surface area contributed by atoms with Crippen molar-refractivity contribution in [1.29, 1.82) is 0 Å². The van der Waals surface area contributed by atoms with Crippen LogP contribution in [0.4, 0.5) is 17.1 Å². The molecule has 0 unspecified atom stereocenters. The Balaban J connectivity index is 1.62. The number of thiazole rings is 1. The van der Waals surface area contributed by atoms with Crippen LogP contribution in [0.5, 0.6) is 0 Å². The monoisotopic (exact) mass is 571 g/mol. The summed E-state index contributed by atoms with van der Waals surface area (Å²) in [5, 5.41) is 2.87. The van der Waals surface area contributed by atoms with Crippen LogP contribution in [0.25, 0.3) is 10.6 Å². The van der Waals surface area contributed by atoms with Crippen LogP contribution in [-0.4, -0.2) is 23.4 Å². The van der Waals surface area contributed by atoms with Gasteiger partial charge in [0.2, 0.25) is 0 Å². The molecule has 1 N–H and O–H groups in total. The van der Waals surface area contributed by atoms with Crippen LogP contribution < -0.4 is 30.1 Å². The SMILES string of the molecule is C=CCn1c(=C2C(=O)N(c3ccccc3)NC2=Nc2ccccc2)s/c(=C2/Sc3ccc(Cl)cc3N2C)c1=O. The number of rotatable bonds is 4. The van der Waals surface area contributed by atoms with Crippen LogP contribution in [0.3, 0.4) is 0 Å². The van der Waals surface area contributed by atoms with Crippen molar-refractivity contribution in [1.82, 2.24) is 9.99 Å². The van der Waals surface area contributed by atoms with Crippen LogP contribution in [0.15, 0.2) is 106 Å². The molecule has 0 bridgehead atoms. The number of allylic oxidation sites excluding steroid dienone is 1. The first-order chi connectivity index (χ1) is 19.0. The number of halogens is 1. The third-order valence-corrected chi connectivity index (χ3v) is 9.07. The fourth-order valence-corrected chi connectivity index (χ4v) is 7.08. The second-order valence-electron chi connectivity index (χ2n) is 8.78. The lowest BCUT2D eigenvalue weighted by Gasteiger charge is -2.14. The topological polar surface area (TPSA) is 69.9 Å². The summed E-state index contributed by atoms with van der Waals surface area (Å²) in [6.07, 6.45) is 1.66. The van der Waals surface area contributed by atoms with Crippen LogP contribution in [-0.2, 0) is 11.3 Å². The highest BCUT2D eigenvalue weighted by molar-refractivity contribution is 8.08. The van der Waals surface area contributed by atoms with Crippen LogP contribution >= 0.6 is 34.7 Å². The summed E-state index contributed by atoms with van der Waals surface area (Å²) in [4.78, 5) is 35.6. The predicted molar refractivity (Wildman–Crippen MR) is 161 cm³/mol. The van der Waals surface area contributed by atoms with Gasteiger partial charge in [0.05, 0.1) is 17.1 Å². The van der Waals surface area contributed by atoms with Crippen molar-refractivity contribution in [3.05, 3.63) is 116 Å². The van der Waals surface area contributed by atoms with E-state index >= 15 is 0 Å². The number of nitrogens with one attached hydrogen (secondary N) is 1. The first-order valence-electron chi connectivity index (χ1n) is 12.1. The lowest BCUT2D eigenvalue weighted by molar-refractivity contribution is -0.113. The maximum atomic E-state index is 14.0. The van der Waals surface area contributed by atoms with E-state index in [0.29, 0.717) is 37.0 Å². The number of carbonyl (C=O) groups excluding carboxylic acids is 1. The number of benzene rings is 3. The van der Waals surface area contributed by atoms with E-state index in [-0.39, 0.29) is 18.0 Å². The molecular formula is C29H22ClN5O2S2. The number of carbonyl (C=O) groups is 1. The van der Waals surface area contributed by atoms with Crippen LogP contribution in [0.1, 0.15) is 0 Å². The second-order valence-corrected chi connectivity index (χ2v) is 11.2. The van der Waals surface area contributed by atoms with E-state index in [1.807, 2.05) is 90.8 Å². The number of aliphatic imine (C=N–C) groups is 1. The molecule has 1 saturated heterocycles. The van der Waals surface area contributed by atoms with Crippen molar-refractivity contribution in [3.8, 4) is 0 Å². The van der Waals surface area contributed by atoms with E-state index in [1.54, 1.807) is 10.6 Å². The van der Waals surface area contributed by atoms with Crippen molar-refractivity contribution >= 4 is 74.1 Å². The number of fused-ring (bicyclic) bond motifs is 1. The number of thioether (sulfide) groups is 1. The number of hydrazine groups is 1. The third kappa shape index (κ3) is 4.48. The third-order valence-electron chi connectivity index (χ3n) is 6.28. The predicted octanol–water partition coefficient (Wildman–Crippen LogP) is 4.49. The fraction of sp³-hybridized carbons (Fsp3) is 0.0690. The number of hydrogen-bond donors (Lipinski definition) is 1. The highest BCUT2D eigenvalue weighted by atomic mass is 35.5. The highest BCUT2D eigenvalue weighted by Gasteiger charge is 2.36. The largest absolute Gasteiger partial charge is 0.337 e. The minimum absolute atomic E-state index is 0.194. The Morgan fingerprint density at radius 2 is 1.74 bits per heavy atom. The van der Waals surface area contributed by atoms with E-state index in [4.69, 9.17) is 16.6 Å².